The van der Waals surface area contributed by atoms with Crippen LogP contribution < -0.4 is 0 Å². The molecule has 0 amide bonds. The third-order valence-electron chi connectivity index (χ3n) is 3.14. The second kappa shape index (κ2) is 4.91. The first kappa shape index (κ1) is 11.4. The monoisotopic (exact) mass is 243 g/mol. The number of fused-ring (bicyclic) bond motifs is 1. The topological polar surface area (TPSA) is 51.5 Å². The molecule has 1 fully saturated rings. The smallest absolute Gasteiger partial charge is 0.184 e. The van der Waals surface area contributed by atoms with E-state index in [4.69, 9.17) is 19.5 Å². The minimum Gasteiger partial charge on any atom is -0.369 e. The van der Waals surface area contributed by atoms with E-state index in [1.54, 1.807) is 6.08 Å². The summed E-state index contributed by atoms with van der Waals surface area (Å²) in [5, 5.41) is 9.09. The Bertz CT molecular complexity index is 492. The molecule has 0 spiro atoms. The van der Waals surface area contributed by atoms with Gasteiger partial charge in [-0.2, -0.15) is 5.26 Å². The van der Waals surface area contributed by atoms with Gasteiger partial charge in [-0.15, -0.1) is 0 Å². The van der Waals surface area contributed by atoms with Crippen molar-refractivity contribution in [3.63, 3.8) is 0 Å². The van der Waals surface area contributed by atoms with Gasteiger partial charge in [0.15, 0.2) is 6.29 Å². The lowest BCUT2D eigenvalue weighted by molar-refractivity contribution is -0.256. The van der Waals surface area contributed by atoms with Crippen molar-refractivity contribution in [2.75, 3.05) is 13.2 Å². The molecule has 0 bridgehead atoms. The molecular formula is C14H13NO3. The molecule has 18 heavy (non-hydrogen) atoms. The molecule has 1 aromatic carbocycles. The van der Waals surface area contributed by atoms with Crippen LogP contribution in [0.3, 0.4) is 0 Å². The minimum atomic E-state index is -0.425. The quantitative estimate of drug-likeness (QED) is 0.756. The first-order chi connectivity index (χ1) is 8.88. The van der Waals surface area contributed by atoms with Crippen molar-refractivity contribution in [2.45, 2.75) is 18.5 Å². The normalized spacial score (nSPS) is 31.1. The van der Waals surface area contributed by atoms with Gasteiger partial charge >= 0.3 is 0 Å². The summed E-state index contributed by atoms with van der Waals surface area (Å²) in [5.74, 6) is 0. The second-order valence-corrected chi connectivity index (χ2v) is 4.28. The second-order valence-electron chi connectivity index (χ2n) is 4.28. The molecule has 0 aliphatic carbocycles. The zero-order chi connectivity index (χ0) is 12.4. The van der Waals surface area contributed by atoms with E-state index >= 15 is 0 Å². The first-order valence-electron chi connectivity index (χ1n) is 5.92. The van der Waals surface area contributed by atoms with Crippen molar-refractivity contribution in [2.24, 2.45) is 0 Å². The van der Waals surface area contributed by atoms with Crippen molar-refractivity contribution < 1.29 is 14.2 Å². The van der Waals surface area contributed by atoms with E-state index in [1.807, 2.05) is 30.3 Å². The Balaban J connectivity index is 1.81. The number of ether oxygens (including phenoxy) is 3. The predicted molar refractivity (Wildman–Crippen MR) is 63.4 cm³/mol. The van der Waals surface area contributed by atoms with Gasteiger partial charge in [-0.05, 0) is 6.08 Å². The summed E-state index contributed by atoms with van der Waals surface area (Å²) >= 11 is 0. The number of nitriles is 1. The minimum absolute atomic E-state index is 0.176. The molecule has 2 aliphatic heterocycles. The van der Waals surface area contributed by atoms with E-state index in [1.165, 1.54) is 0 Å². The van der Waals surface area contributed by atoms with Crippen LogP contribution in [0.25, 0.3) is 0 Å². The third-order valence-corrected chi connectivity index (χ3v) is 3.14. The van der Waals surface area contributed by atoms with Gasteiger partial charge in [-0.25, -0.2) is 0 Å². The van der Waals surface area contributed by atoms with Crippen molar-refractivity contribution in [1.82, 2.24) is 0 Å². The third kappa shape index (κ3) is 2.04. The molecule has 92 valence electrons. The fraction of sp³-hybridized carbons (Fsp3) is 0.357. The highest BCUT2D eigenvalue weighted by Gasteiger charge is 2.37. The number of benzene rings is 1. The SMILES string of the molecule is N#CC1=CCO[C@@H]2CO[C@@H](c3ccccc3)O[C@@H]12. The lowest BCUT2D eigenvalue weighted by Crippen LogP contribution is -2.45. The molecule has 0 saturated carbocycles. The van der Waals surface area contributed by atoms with Crippen LogP contribution in [0.2, 0.25) is 0 Å². The summed E-state index contributed by atoms with van der Waals surface area (Å²) in [7, 11) is 0. The highest BCUT2D eigenvalue weighted by Crippen LogP contribution is 2.32. The van der Waals surface area contributed by atoms with E-state index in [0.717, 1.165) is 5.56 Å². The Morgan fingerprint density at radius 2 is 2.00 bits per heavy atom. The van der Waals surface area contributed by atoms with E-state index in [0.29, 0.717) is 18.8 Å². The summed E-state index contributed by atoms with van der Waals surface area (Å²) in [5.41, 5.74) is 1.59. The Morgan fingerprint density at radius 1 is 1.17 bits per heavy atom. The van der Waals surface area contributed by atoms with Crippen LogP contribution in [0.4, 0.5) is 0 Å². The maximum Gasteiger partial charge on any atom is 0.184 e. The van der Waals surface area contributed by atoms with Gasteiger partial charge in [0.2, 0.25) is 0 Å². The molecule has 0 N–H and O–H groups in total. The summed E-state index contributed by atoms with van der Waals surface area (Å²) < 4.78 is 17.0. The number of rotatable bonds is 1. The molecule has 3 atom stereocenters. The average Bonchev–Trinajstić information content (AvgIpc) is 2.47. The van der Waals surface area contributed by atoms with Crippen LogP contribution in [0.1, 0.15) is 11.9 Å². The van der Waals surface area contributed by atoms with Crippen molar-refractivity contribution in [3.8, 4) is 6.07 Å². The summed E-state index contributed by atoms with van der Waals surface area (Å²) in [6, 6.07) is 11.9. The van der Waals surface area contributed by atoms with Crippen molar-refractivity contribution in [1.29, 1.82) is 5.26 Å². The van der Waals surface area contributed by atoms with Gasteiger partial charge < -0.3 is 14.2 Å². The molecule has 4 nitrogen and oxygen atoms in total. The van der Waals surface area contributed by atoms with Gasteiger partial charge in [0.25, 0.3) is 0 Å². The Hall–Kier alpha value is -1.67. The van der Waals surface area contributed by atoms with Crippen LogP contribution in [-0.4, -0.2) is 25.4 Å². The van der Waals surface area contributed by atoms with E-state index in [2.05, 4.69) is 6.07 Å². The molecular weight excluding hydrogens is 230 g/mol. The molecule has 1 aromatic rings. The summed E-state index contributed by atoms with van der Waals surface area (Å²) in [4.78, 5) is 0. The number of hydrogen-bond donors (Lipinski definition) is 0. The molecule has 1 saturated heterocycles. The van der Waals surface area contributed by atoms with Gasteiger partial charge in [0.1, 0.15) is 12.2 Å². The highest BCUT2D eigenvalue weighted by atomic mass is 16.7. The Labute approximate surface area is 105 Å². The van der Waals surface area contributed by atoms with Crippen molar-refractivity contribution in [3.05, 3.63) is 47.5 Å². The van der Waals surface area contributed by atoms with Crippen molar-refractivity contribution >= 4 is 0 Å². The number of nitrogens with zero attached hydrogens (tertiary/aromatic N) is 1. The van der Waals surface area contributed by atoms with E-state index in [-0.39, 0.29) is 12.2 Å². The van der Waals surface area contributed by atoms with Gasteiger partial charge in [-0.3, -0.25) is 0 Å². The summed E-state index contributed by atoms with van der Waals surface area (Å²) in [6.07, 6.45) is 0.854. The molecule has 0 radical (unpaired) electrons. The maximum atomic E-state index is 9.09. The van der Waals surface area contributed by atoms with Gasteiger partial charge in [0.05, 0.1) is 24.9 Å². The van der Waals surface area contributed by atoms with Gasteiger partial charge in [-0.1, -0.05) is 30.3 Å². The molecule has 0 unspecified atom stereocenters. The standard InChI is InChI=1S/C14H13NO3/c15-8-11-6-7-16-12-9-17-14(18-13(11)12)10-4-2-1-3-5-10/h1-6,12-14H,7,9H2/t12-,13+,14-/m1/s1. The maximum absolute atomic E-state index is 9.09. The largest absolute Gasteiger partial charge is 0.369 e. The fourth-order valence-electron chi connectivity index (χ4n) is 2.21. The molecule has 2 heterocycles. The first-order valence-corrected chi connectivity index (χ1v) is 5.92. The molecule has 4 heteroatoms. The van der Waals surface area contributed by atoms with E-state index in [9.17, 15) is 0 Å². The van der Waals surface area contributed by atoms with Crippen LogP contribution in [0.15, 0.2) is 42.0 Å². The lowest BCUT2D eigenvalue weighted by atomic mass is 10.0. The predicted octanol–water partition coefficient (Wildman–Crippen LogP) is 1.95. The summed E-state index contributed by atoms with van der Waals surface area (Å²) in [6.45, 7) is 0.899. The van der Waals surface area contributed by atoms with E-state index < -0.39 is 6.29 Å². The Kier molecular flexibility index (Phi) is 3.11. The zero-order valence-electron chi connectivity index (χ0n) is 9.78. The molecule has 2 aliphatic rings. The van der Waals surface area contributed by atoms with Gasteiger partial charge in [0, 0.05) is 5.56 Å². The van der Waals surface area contributed by atoms with Crippen LogP contribution in [0, 0.1) is 11.3 Å². The van der Waals surface area contributed by atoms with Crippen LogP contribution in [0.5, 0.6) is 0 Å². The number of hydrogen-bond acceptors (Lipinski definition) is 4. The fourth-order valence-corrected chi connectivity index (χ4v) is 2.21. The van der Waals surface area contributed by atoms with Crippen LogP contribution in [-0.2, 0) is 14.2 Å². The molecule has 3 rings (SSSR count). The van der Waals surface area contributed by atoms with Crippen LogP contribution >= 0.6 is 0 Å². The zero-order valence-corrected chi connectivity index (χ0v) is 9.78. The average molecular weight is 243 g/mol. The molecule has 0 aromatic heterocycles. The highest BCUT2D eigenvalue weighted by molar-refractivity contribution is 5.29. The Morgan fingerprint density at radius 3 is 2.78 bits per heavy atom. The lowest BCUT2D eigenvalue weighted by Gasteiger charge is -2.38.